The number of rotatable bonds is 6. The fraction of sp³-hybridized carbons (Fsp3) is 0.167. The molecule has 0 atom stereocenters. The Morgan fingerprint density at radius 1 is 0.606 bits per heavy atom. The molecule has 0 spiro atoms. The Hall–Kier alpha value is -3.69. The number of carboxylic acids is 1. The summed E-state index contributed by atoms with van der Waals surface area (Å²) in [6, 6.07) is 38.2. The van der Waals surface area contributed by atoms with E-state index in [4.69, 9.17) is 0 Å². The summed E-state index contributed by atoms with van der Waals surface area (Å²) in [5.41, 5.74) is 2.15. The number of hydrogen-bond acceptors (Lipinski definition) is 2. The topological polar surface area (TPSA) is 40.1 Å². The van der Waals surface area contributed by atoms with Gasteiger partial charge in [0.1, 0.15) is 6.54 Å². The first-order valence-corrected chi connectivity index (χ1v) is 11.1. The molecular formula is C30H31NO2. The van der Waals surface area contributed by atoms with E-state index in [1.807, 2.05) is 91.0 Å². The summed E-state index contributed by atoms with van der Waals surface area (Å²) in [6.45, 7) is 1.10. The number of benzene rings is 4. The second-order valence-corrected chi connectivity index (χ2v) is 9.07. The van der Waals surface area contributed by atoms with Gasteiger partial charge in [-0.3, -0.25) is 0 Å². The fourth-order valence-electron chi connectivity index (χ4n) is 4.05. The smallest absolute Gasteiger partial charge is 0.104 e. The van der Waals surface area contributed by atoms with Crippen LogP contribution >= 0.6 is 0 Å². The Morgan fingerprint density at radius 3 is 1.18 bits per heavy atom. The maximum absolute atomic E-state index is 12.3. The van der Waals surface area contributed by atoms with E-state index >= 15 is 0 Å². The van der Waals surface area contributed by atoms with Crippen molar-refractivity contribution < 1.29 is 14.4 Å². The second-order valence-electron chi connectivity index (χ2n) is 9.07. The monoisotopic (exact) mass is 437 g/mol. The molecule has 0 N–H and O–H groups in total. The van der Waals surface area contributed by atoms with E-state index in [9.17, 15) is 9.90 Å². The third kappa shape index (κ3) is 5.97. The molecule has 0 saturated carbocycles. The van der Waals surface area contributed by atoms with Crippen LogP contribution in [0.1, 0.15) is 22.3 Å². The Balaban J connectivity index is 0.000000235. The molecule has 0 aliphatic carbocycles. The van der Waals surface area contributed by atoms with Crippen LogP contribution in [0.15, 0.2) is 121 Å². The Bertz CT molecular complexity index is 1020. The molecule has 4 rings (SSSR count). The number of carboxylic acid groups (broad SMARTS) is 1. The molecular weight excluding hydrogens is 406 g/mol. The van der Waals surface area contributed by atoms with Crippen LogP contribution in [0.5, 0.6) is 0 Å². The predicted molar refractivity (Wildman–Crippen MR) is 132 cm³/mol. The molecule has 33 heavy (non-hydrogen) atoms. The van der Waals surface area contributed by atoms with E-state index < -0.39 is 11.4 Å². The molecule has 3 heteroatoms. The zero-order chi connectivity index (χ0) is 23.7. The van der Waals surface area contributed by atoms with Crippen molar-refractivity contribution in [3.05, 3.63) is 144 Å². The van der Waals surface area contributed by atoms with Gasteiger partial charge in [0.2, 0.25) is 0 Å². The normalized spacial score (nSPS) is 11.2. The lowest BCUT2D eigenvalue weighted by Gasteiger charge is -2.36. The summed E-state index contributed by atoms with van der Waals surface area (Å²) < 4.78 is 0.990. The van der Waals surface area contributed by atoms with Crippen LogP contribution in [0.3, 0.4) is 0 Å². The van der Waals surface area contributed by atoms with Crippen molar-refractivity contribution >= 4 is 5.97 Å². The van der Waals surface area contributed by atoms with Crippen molar-refractivity contribution in [1.29, 1.82) is 0 Å². The molecule has 0 amide bonds. The van der Waals surface area contributed by atoms with Gasteiger partial charge in [0.15, 0.2) is 0 Å². The molecule has 0 aliphatic rings. The lowest BCUT2D eigenvalue weighted by molar-refractivity contribution is -0.884. The van der Waals surface area contributed by atoms with E-state index in [-0.39, 0.29) is 0 Å². The van der Waals surface area contributed by atoms with Gasteiger partial charge in [-0.1, -0.05) is 121 Å². The number of hydrogen-bond donors (Lipinski definition) is 0. The lowest BCUT2D eigenvalue weighted by Crippen LogP contribution is -2.47. The minimum atomic E-state index is -1.32. The van der Waals surface area contributed by atoms with E-state index in [1.54, 1.807) is 0 Å². The highest BCUT2D eigenvalue weighted by atomic mass is 16.4. The standard InChI is InChI=1S/C20H16O2.C10H16N/c21-19(22)20(16-10-4-1-5-11-16,17-12-6-2-7-13-17)18-14-8-3-9-15-18;1-11(2,3)9-10-7-5-4-6-8-10/h1-15H,(H,21,22);4-8H,9H2,1-3H3/q;+1/p-1. The largest absolute Gasteiger partial charge is 0.548 e. The number of nitrogens with zero attached hydrogens (tertiary/aromatic N) is 1. The molecule has 0 radical (unpaired) electrons. The minimum Gasteiger partial charge on any atom is -0.548 e. The van der Waals surface area contributed by atoms with E-state index in [2.05, 4.69) is 51.5 Å². The van der Waals surface area contributed by atoms with Crippen molar-refractivity contribution in [2.75, 3.05) is 21.1 Å². The summed E-state index contributed by atoms with van der Waals surface area (Å²) in [4.78, 5) is 12.3. The van der Waals surface area contributed by atoms with E-state index in [1.165, 1.54) is 5.56 Å². The SMILES string of the molecule is C[N+](C)(C)Cc1ccccc1.O=C([O-])C(c1ccccc1)(c1ccccc1)c1ccccc1. The molecule has 0 unspecified atom stereocenters. The minimum absolute atomic E-state index is 0.687. The molecule has 0 saturated heterocycles. The van der Waals surface area contributed by atoms with Gasteiger partial charge in [-0.25, -0.2) is 0 Å². The van der Waals surface area contributed by atoms with Crippen molar-refractivity contribution in [2.45, 2.75) is 12.0 Å². The third-order valence-electron chi connectivity index (χ3n) is 5.43. The first-order valence-electron chi connectivity index (χ1n) is 11.1. The average Bonchev–Trinajstić information content (AvgIpc) is 2.82. The van der Waals surface area contributed by atoms with Gasteiger partial charge in [-0.2, -0.15) is 0 Å². The van der Waals surface area contributed by atoms with Crippen molar-refractivity contribution in [1.82, 2.24) is 0 Å². The quantitative estimate of drug-likeness (QED) is 0.325. The van der Waals surface area contributed by atoms with Gasteiger partial charge in [-0.05, 0) is 16.7 Å². The molecule has 0 aliphatic heterocycles. The van der Waals surface area contributed by atoms with Crippen LogP contribution in [-0.4, -0.2) is 31.6 Å². The van der Waals surface area contributed by atoms with Gasteiger partial charge in [-0.15, -0.1) is 0 Å². The highest BCUT2D eigenvalue weighted by molar-refractivity contribution is 5.89. The predicted octanol–water partition coefficient (Wildman–Crippen LogP) is 4.66. The molecule has 4 aromatic carbocycles. The van der Waals surface area contributed by atoms with Gasteiger partial charge >= 0.3 is 0 Å². The van der Waals surface area contributed by atoms with Crippen molar-refractivity contribution in [3.8, 4) is 0 Å². The summed E-state index contributed by atoms with van der Waals surface area (Å²) >= 11 is 0. The first-order chi connectivity index (χ1) is 15.8. The number of carbonyl (C=O) groups excluding carboxylic acids is 1. The average molecular weight is 438 g/mol. The molecule has 4 aromatic rings. The van der Waals surface area contributed by atoms with Crippen molar-refractivity contribution in [2.24, 2.45) is 0 Å². The molecule has 3 nitrogen and oxygen atoms in total. The van der Waals surface area contributed by atoms with Gasteiger partial charge < -0.3 is 14.4 Å². The Kier molecular flexibility index (Phi) is 7.81. The van der Waals surface area contributed by atoms with Crippen LogP contribution in [0.4, 0.5) is 0 Å². The zero-order valence-electron chi connectivity index (χ0n) is 19.5. The number of quaternary nitrogens is 1. The van der Waals surface area contributed by atoms with E-state index in [0.29, 0.717) is 16.7 Å². The molecule has 0 bridgehead atoms. The maximum Gasteiger partial charge on any atom is 0.104 e. The lowest BCUT2D eigenvalue weighted by atomic mass is 9.69. The summed E-state index contributed by atoms with van der Waals surface area (Å²) in [6.07, 6.45) is 0. The Labute approximate surface area is 197 Å². The fourth-order valence-corrected chi connectivity index (χ4v) is 4.05. The van der Waals surface area contributed by atoms with Crippen LogP contribution < -0.4 is 5.11 Å². The molecule has 0 heterocycles. The highest BCUT2D eigenvalue weighted by Gasteiger charge is 2.37. The highest BCUT2D eigenvalue weighted by Crippen LogP contribution is 2.38. The zero-order valence-corrected chi connectivity index (χ0v) is 19.5. The van der Waals surface area contributed by atoms with Gasteiger partial charge in [0, 0.05) is 5.56 Å². The van der Waals surface area contributed by atoms with Crippen LogP contribution in [0.2, 0.25) is 0 Å². The van der Waals surface area contributed by atoms with Crippen molar-refractivity contribution in [3.63, 3.8) is 0 Å². The van der Waals surface area contributed by atoms with E-state index in [0.717, 1.165) is 11.0 Å². The molecule has 0 aromatic heterocycles. The number of carbonyl (C=O) groups is 1. The summed E-state index contributed by atoms with van der Waals surface area (Å²) in [7, 11) is 6.60. The number of aliphatic carboxylic acids is 1. The maximum atomic E-state index is 12.3. The summed E-state index contributed by atoms with van der Waals surface area (Å²) in [5, 5.41) is 12.3. The van der Waals surface area contributed by atoms with Crippen LogP contribution in [-0.2, 0) is 16.8 Å². The van der Waals surface area contributed by atoms with Gasteiger partial charge in [0.25, 0.3) is 0 Å². The third-order valence-corrected chi connectivity index (χ3v) is 5.43. The molecule has 0 fully saturated rings. The Morgan fingerprint density at radius 2 is 0.909 bits per heavy atom. The summed E-state index contributed by atoms with van der Waals surface area (Å²) in [5.74, 6) is -1.13. The first kappa shape index (κ1) is 24.0. The molecule has 168 valence electrons. The second kappa shape index (κ2) is 10.8. The van der Waals surface area contributed by atoms with Crippen LogP contribution in [0.25, 0.3) is 0 Å². The van der Waals surface area contributed by atoms with Crippen LogP contribution in [0, 0.1) is 0 Å². The van der Waals surface area contributed by atoms with Gasteiger partial charge in [0.05, 0.1) is 32.5 Å².